The van der Waals surface area contributed by atoms with Crippen molar-refractivity contribution in [1.29, 1.82) is 0 Å². The molecule has 4 heteroatoms. The minimum Gasteiger partial charge on any atom is -0.481 e. The first kappa shape index (κ1) is 11.9. The lowest BCUT2D eigenvalue weighted by atomic mass is 9.87. The Bertz CT molecular complexity index is 227. The number of carbonyl (C=O) groups is 1. The maximum Gasteiger partial charge on any atom is 0.306 e. The molecular weight excluding hydrogens is 208 g/mol. The molecule has 1 saturated carbocycles. The van der Waals surface area contributed by atoms with Crippen LogP contribution >= 0.6 is 0 Å². The number of ether oxygens (including phenoxy) is 2. The van der Waals surface area contributed by atoms with E-state index in [9.17, 15) is 4.79 Å². The molecular formula is C12H20O4. The van der Waals surface area contributed by atoms with E-state index in [1.165, 1.54) is 6.42 Å². The Morgan fingerprint density at radius 1 is 1.12 bits per heavy atom. The van der Waals surface area contributed by atoms with E-state index >= 15 is 0 Å². The summed E-state index contributed by atoms with van der Waals surface area (Å²) in [6.07, 6.45) is 6.66. The van der Waals surface area contributed by atoms with Crippen LogP contribution in [0, 0.1) is 5.92 Å². The van der Waals surface area contributed by atoms with E-state index in [0.29, 0.717) is 0 Å². The number of hydrogen-bond acceptors (Lipinski definition) is 3. The largest absolute Gasteiger partial charge is 0.481 e. The summed E-state index contributed by atoms with van der Waals surface area (Å²) in [5.41, 5.74) is 0. The van der Waals surface area contributed by atoms with Crippen molar-refractivity contribution >= 4 is 5.97 Å². The average Bonchev–Trinajstić information content (AvgIpc) is 2.31. The molecule has 0 unspecified atom stereocenters. The van der Waals surface area contributed by atoms with Crippen molar-refractivity contribution in [3.8, 4) is 0 Å². The summed E-state index contributed by atoms with van der Waals surface area (Å²) in [4.78, 5) is 10.8. The van der Waals surface area contributed by atoms with Crippen molar-refractivity contribution < 1.29 is 19.4 Å². The van der Waals surface area contributed by atoms with Crippen LogP contribution in [0.4, 0.5) is 0 Å². The van der Waals surface area contributed by atoms with Crippen LogP contribution in [0.2, 0.25) is 0 Å². The topological polar surface area (TPSA) is 55.8 Å². The molecule has 2 aliphatic rings. The van der Waals surface area contributed by atoms with Crippen LogP contribution in [0.25, 0.3) is 0 Å². The number of rotatable bonds is 3. The molecule has 0 spiro atoms. The van der Waals surface area contributed by atoms with Gasteiger partial charge in [-0.15, -0.1) is 0 Å². The summed E-state index contributed by atoms with van der Waals surface area (Å²) in [7, 11) is 0. The van der Waals surface area contributed by atoms with Gasteiger partial charge in [0.05, 0.1) is 12.0 Å². The van der Waals surface area contributed by atoms with Gasteiger partial charge in [0.25, 0.3) is 0 Å². The van der Waals surface area contributed by atoms with Crippen molar-refractivity contribution in [2.24, 2.45) is 5.92 Å². The van der Waals surface area contributed by atoms with E-state index in [1.54, 1.807) is 0 Å². The van der Waals surface area contributed by atoms with Gasteiger partial charge in [0.15, 0.2) is 6.29 Å². The lowest BCUT2D eigenvalue weighted by Crippen LogP contribution is -2.32. The fourth-order valence-corrected chi connectivity index (χ4v) is 2.48. The van der Waals surface area contributed by atoms with Crippen LogP contribution in [-0.4, -0.2) is 30.1 Å². The van der Waals surface area contributed by atoms with E-state index in [0.717, 1.165) is 45.1 Å². The zero-order valence-corrected chi connectivity index (χ0v) is 9.56. The van der Waals surface area contributed by atoms with Gasteiger partial charge in [-0.2, -0.15) is 0 Å². The molecule has 1 aliphatic heterocycles. The predicted molar refractivity (Wildman–Crippen MR) is 58.1 cm³/mol. The molecule has 2 fully saturated rings. The number of carboxylic acid groups (broad SMARTS) is 1. The molecule has 1 atom stereocenters. The van der Waals surface area contributed by atoms with Crippen LogP contribution in [0.15, 0.2) is 0 Å². The smallest absolute Gasteiger partial charge is 0.306 e. The summed E-state index contributed by atoms with van der Waals surface area (Å²) >= 11 is 0. The van der Waals surface area contributed by atoms with Crippen LogP contribution in [-0.2, 0) is 14.3 Å². The quantitative estimate of drug-likeness (QED) is 0.804. The summed E-state index contributed by atoms with van der Waals surface area (Å²) in [5.74, 6) is -0.820. The molecule has 1 aliphatic carbocycles. The van der Waals surface area contributed by atoms with E-state index in [1.807, 2.05) is 0 Å². The lowest BCUT2D eigenvalue weighted by molar-refractivity contribution is -0.195. The van der Waals surface area contributed by atoms with E-state index in [-0.39, 0.29) is 18.3 Å². The fourth-order valence-electron chi connectivity index (χ4n) is 2.48. The lowest BCUT2D eigenvalue weighted by Gasteiger charge is -2.31. The van der Waals surface area contributed by atoms with Crippen LogP contribution in [0.3, 0.4) is 0 Å². The number of aliphatic carboxylic acids is 1. The normalized spacial score (nSPS) is 35.9. The molecule has 0 amide bonds. The molecule has 1 heterocycles. The van der Waals surface area contributed by atoms with Crippen LogP contribution in [0.1, 0.15) is 44.9 Å². The standard InChI is InChI=1S/C12H20O4/c13-12(14)9-4-6-10(7-5-9)16-11-3-1-2-8-15-11/h9-11H,1-8H2,(H,13,14)/t9?,10?,11-/m0/s1. The van der Waals surface area contributed by atoms with Crippen molar-refractivity contribution in [2.75, 3.05) is 6.61 Å². The van der Waals surface area contributed by atoms with Crippen LogP contribution < -0.4 is 0 Å². The Hall–Kier alpha value is -0.610. The minimum atomic E-state index is -0.660. The molecule has 4 nitrogen and oxygen atoms in total. The van der Waals surface area contributed by atoms with Gasteiger partial charge in [-0.05, 0) is 44.9 Å². The third kappa shape index (κ3) is 3.19. The van der Waals surface area contributed by atoms with Gasteiger partial charge in [0.2, 0.25) is 0 Å². The average molecular weight is 228 g/mol. The highest BCUT2D eigenvalue weighted by atomic mass is 16.7. The van der Waals surface area contributed by atoms with Gasteiger partial charge in [-0.25, -0.2) is 0 Å². The monoisotopic (exact) mass is 228 g/mol. The molecule has 16 heavy (non-hydrogen) atoms. The molecule has 0 aromatic heterocycles. The Morgan fingerprint density at radius 2 is 1.88 bits per heavy atom. The molecule has 1 N–H and O–H groups in total. The van der Waals surface area contributed by atoms with Gasteiger partial charge >= 0.3 is 5.97 Å². The van der Waals surface area contributed by atoms with Gasteiger partial charge in [0, 0.05) is 6.61 Å². The summed E-state index contributed by atoms with van der Waals surface area (Å²) in [6, 6.07) is 0. The zero-order chi connectivity index (χ0) is 11.4. The second-order valence-electron chi connectivity index (χ2n) is 4.74. The summed E-state index contributed by atoms with van der Waals surface area (Å²) < 4.78 is 11.4. The first-order valence-corrected chi connectivity index (χ1v) is 6.25. The maximum atomic E-state index is 10.8. The number of carboxylic acids is 1. The van der Waals surface area contributed by atoms with E-state index < -0.39 is 5.97 Å². The van der Waals surface area contributed by atoms with Gasteiger partial charge in [-0.3, -0.25) is 4.79 Å². The molecule has 2 rings (SSSR count). The molecule has 0 aromatic rings. The highest BCUT2D eigenvalue weighted by Gasteiger charge is 2.28. The SMILES string of the molecule is O=C(O)C1CCC(O[C@H]2CCCCO2)CC1. The minimum absolute atomic E-state index is 0.0415. The number of hydrogen-bond donors (Lipinski definition) is 1. The Morgan fingerprint density at radius 3 is 2.44 bits per heavy atom. The predicted octanol–water partition coefficient (Wildman–Crippen LogP) is 2.17. The highest BCUT2D eigenvalue weighted by molar-refractivity contribution is 5.70. The highest BCUT2D eigenvalue weighted by Crippen LogP contribution is 2.28. The molecule has 1 saturated heterocycles. The van der Waals surface area contributed by atoms with Gasteiger partial charge < -0.3 is 14.6 Å². The third-order valence-electron chi connectivity index (χ3n) is 3.51. The Labute approximate surface area is 95.9 Å². The fraction of sp³-hybridized carbons (Fsp3) is 0.917. The molecule has 92 valence electrons. The Kier molecular flexibility index (Phi) is 4.18. The van der Waals surface area contributed by atoms with Gasteiger partial charge in [0.1, 0.15) is 0 Å². The first-order chi connectivity index (χ1) is 7.75. The van der Waals surface area contributed by atoms with Crippen molar-refractivity contribution in [3.05, 3.63) is 0 Å². The zero-order valence-electron chi connectivity index (χ0n) is 9.56. The second kappa shape index (κ2) is 5.64. The first-order valence-electron chi connectivity index (χ1n) is 6.25. The van der Waals surface area contributed by atoms with E-state index in [4.69, 9.17) is 14.6 Å². The van der Waals surface area contributed by atoms with Crippen molar-refractivity contribution in [2.45, 2.75) is 57.3 Å². The van der Waals surface area contributed by atoms with Crippen LogP contribution in [0.5, 0.6) is 0 Å². The maximum absolute atomic E-state index is 10.8. The molecule has 0 radical (unpaired) electrons. The Balaban J connectivity index is 1.70. The summed E-state index contributed by atoms with van der Waals surface area (Å²) in [5, 5.41) is 8.88. The van der Waals surface area contributed by atoms with E-state index in [2.05, 4.69) is 0 Å². The second-order valence-corrected chi connectivity index (χ2v) is 4.74. The third-order valence-corrected chi connectivity index (χ3v) is 3.51. The molecule has 0 bridgehead atoms. The molecule has 0 aromatic carbocycles. The van der Waals surface area contributed by atoms with Crippen molar-refractivity contribution in [3.63, 3.8) is 0 Å². The van der Waals surface area contributed by atoms with Crippen molar-refractivity contribution in [1.82, 2.24) is 0 Å². The van der Waals surface area contributed by atoms with Gasteiger partial charge in [-0.1, -0.05) is 0 Å². The summed E-state index contributed by atoms with van der Waals surface area (Å²) in [6.45, 7) is 0.801.